The van der Waals surface area contributed by atoms with Crippen LogP contribution in [0, 0.1) is 5.92 Å². The standard InChI is InChI=1S/C9H14O3/c1-7(2)8(5-6-10)3-4-9(11)12/h6,8H,1,3-5H2,2H3,(H,11,12)/t8-/m0/s1. The molecule has 0 aromatic rings. The van der Waals surface area contributed by atoms with Crippen LogP contribution in [0.25, 0.3) is 0 Å². The largest absolute Gasteiger partial charge is 0.481 e. The zero-order chi connectivity index (χ0) is 9.56. The van der Waals surface area contributed by atoms with Gasteiger partial charge in [0.1, 0.15) is 6.29 Å². The Morgan fingerprint density at radius 2 is 2.25 bits per heavy atom. The number of rotatable bonds is 6. The summed E-state index contributed by atoms with van der Waals surface area (Å²) in [5.41, 5.74) is 0.878. The van der Waals surface area contributed by atoms with Gasteiger partial charge in [-0.2, -0.15) is 0 Å². The molecule has 0 heterocycles. The summed E-state index contributed by atoms with van der Waals surface area (Å²) in [6.45, 7) is 5.52. The quantitative estimate of drug-likeness (QED) is 0.487. The number of carbonyl (C=O) groups is 2. The van der Waals surface area contributed by atoms with Gasteiger partial charge in [0.05, 0.1) is 0 Å². The van der Waals surface area contributed by atoms with Gasteiger partial charge in [-0.1, -0.05) is 12.2 Å². The molecule has 0 aromatic heterocycles. The van der Waals surface area contributed by atoms with Gasteiger partial charge in [-0.3, -0.25) is 4.79 Å². The van der Waals surface area contributed by atoms with E-state index in [0.29, 0.717) is 12.8 Å². The van der Waals surface area contributed by atoms with E-state index in [4.69, 9.17) is 5.11 Å². The zero-order valence-corrected chi connectivity index (χ0v) is 7.25. The summed E-state index contributed by atoms with van der Waals surface area (Å²) in [6.07, 6.45) is 1.79. The summed E-state index contributed by atoms with van der Waals surface area (Å²) >= 11 is 0. The smallest absolute Gasteiger partial charge is 0.303 e. The highest BCUT2D eigenvalue weighted by atomic mass is 16.4. The molecule has 0 radical (unpaired) electrons. The van der Waals surface area contributed by atoms with Crippen LogP contribution in [0.1, 0.15) is 26.2 Å². The Hall–Kier alpha value is -1.12. The van der Waals surface area contributed by atoms with Crippen molar-refractivity contribution in [2.24, 2.45) is 5.92 Å². The maximum absolute atomic E-state index is 10.2. The van der Waals surface area contributed by atoms with E-state index in [2.05, 4.69) is 6.58 Å². The van der Waals surface area contributed by atoms with Crippen molar-refractivity contribution in [1.82, 2.24) is 0 Å². The van der Waals surface area contributed by atoms with Crippen LogP contribution in [0.15, 0.2) is 12.2 Å². The van der Waals surface area contributed by atoms with E-state index in [-0.39, 0.29) is 12.3 Å². The van der Waals surface area contributed by atoms with Crippen molar-refractivity contribution in [2.75, 3.05) is 0 Å². The second-order valence-corrected chi connectivity index (χ2v) is 2.88. The fraction of sp³-hybridized carbons (Fsp3) is 0.556. The van der Waals surface area contributed by atoms with E-state index in [1.54, 1.807) is 0 Å². The topological polar surface area (TPSA) is 54.4 Å². The molecule has 0 fully saturated rings. The number of aliphatic carboxylic acids is 1. The van der Waals surface area contributed by atoms with Gasteiger partial charge in [-0.25, -0.2) is 0 Å². The van der Waals surface area contributed by atoms with Gasteiger partial charge in [0.2, 0.25) is 0 Å². The second-order valence-electron chi connectivity index (χ2n) is 2.88. The predicted molar refractivity (Wildman–Crippen MR) is 45.9 cm³/mol. The molecule has 1 N–H and O–H groups in total. The van der Waals surface area contributed by atoms with Crippen LogP contribution in [-0.4, -0.2) is 17.4 Å². The van der Waals surface area contributed by atoms with Crippen molar-refractivity contribution in [3.05, 3.63) is 12.2 Å². The van der Waals surface area contributed by atoms with Gasteiger partial charge in [0, 0.05) is 12.8 Å². The highest BCUT2D eigenvalue weighted by Crippen LogP contribution is 2.17. The van der Waals surface area contributed by atoms with Gasteiger partial charge in [0.15, 0.2) is 0 Å². The highest BCUT2D eigenvalue weighted by molar-refractivity contribution is 5.66. The Bertz CT molecular complexity index is 184. The van der Waals surface area contributed by atoms with E-state index in [0.717, 1.165) is 11.9 Å². The van der Waals surface area contributed by atoms with Crippen LogP contribution in [-0.2, 0) is 9.59 Å². The molecule has 0 aliphatic heterocycles. The van der Waals surface area contributed by atoms with Crippen molar-refractivity contribution in [1.29, 1.82) is 0 Å². The molecule has 12 heavy (non-hydrogen) atoms. The van der Waals surface area contributed by atoms with Crippen LogP contribution in [0.5, 0.6) is 0 Å². The lowest BCUT2D eigenvalue weighted by molar-refractivity contribution is -0.137. The summed E-state index contributed by atoms with van der Waals surface area (Å²) in [7, 11) is 0. The highest BCUT2D eigenvalue weighted by Gasteiger charge is 2.10. The fourth-order valence-corrected chi connectivity index (χ4v) is 0.979. The van der Waals surface area contributed by atoms with Crippen LogP contribution in [0.2, 0.25) is 0 Å². The minimum atomic E-state index is -0.827. The molecule has 0 amide bonds. The maximum Gasteiger partial charge on any atom is 0.303 e. The lowest BCUT2D eigenvalue weighted by Crippen LogP contribution is -2.05. The van der Waals surface area contributed by atoms with E-state index in [9.17, 15) is 9.59 Å². The third-order valence-corrected chi connectivity index (χ3v) is 1.78. The second kappa shape index (κ2) is 5.52. The number of carboxylic acids is 1. The average Bonchev–Trinajstić information content (AvgIpc) is 1.96. The average molecular weight is 170 g/mol. The Balaban J connectivity index is 3.86. The summed E-state index contributed by atoms with van der Waals surface area (Å²) in [5, 5.41) is 8.39. The molecule has 3 nitrogen and oxygen atoms in total. The van der Waals surface area contributed by atoms with Crippen molar-refractivity contribution in [3.8, 4) is 0 Å². The molecule has 0 aliphatic rings. The van der Waals surface area contributed by atoms with Crippen LogP contribution < -0.4 is 0 Å². The number of allylic oxidation sites excluding steroid dienone is 1. The van der Waals surface area contributed by atoms with Crippen molar-refractivity contribution in [3.63, 3.8) is 0 Å². The molecule has 0 saturated carbocycles. The SMILES string of the molecule is C=C(C)[C@H](CC=O)CCC(=O)O. The van der Waals surface area contributed by atoms with Gasteiger partial charge < -0.3 is 9.90 Å². The Morgan fingerprint density at radius 1 is 1.67 bits per heavy atom. The molecular weight excluding hydrogens is 156 g/mol. The summed E-state index contributed by atoms with van der Waals surface area (Å²) < 4.78 is 0. The zero-order valence-electron chi connectivity index (χ0n) is 7.25. The van der Waals surface area contributed by atoms with Gasteiger partial charge in [-0.05, 0) is 19.3 Å². The first-order chi connectivity index (χ1) is 5.57. The first kappa shape index (κ1) is 10.9. The summed E-state index contributed by atoms with van der Waals surface area (Å²) in [6, 6.07) is 0. The molecule has 0 spiro atoms. The van der Waals surface area contributed by atoms with Crippen molar-refractivity contribution in [2.45, 2.75) is 26.2 Å². The van der Waals surface area contributed by atoms with Crippen molar-refractivity contribution < 1.29 is 14.7 Å². The Labute approximate surface area is 72.1 Å². The molecule has 3 heteroatoms. The number of aldehydes is 1. The first-order valence-electron chi connectivity index (χ1n) is 3.88. The third kappa shape index (κ3) is 4.66. The van der Waals surface area contributed by atoms with Gasteiger partial charge >= 0.3 is 5.97 Å². The molecule has 0 bridgehead atoms. The monoisotopic (exact) mass is 170 g/mol. The third-order valence-electron chi connectivity index (χ3n) is 1.78. The van der Waals surface area contributed by atoms with Crippen LogP contribution in [0.3, 0.4) is 0 Å². The summed E-state index contributed by atoms with van der Waals surface area (Å²) in [5.74, 6) is -0.800. The van der Waals surface area contributed by atoms with Gasteiger partial charge in [0.25, 0.3) is 0 Å². The van der Waals surface area contributed by atoms with E-state index in [1.807, 2.05) is 6.92 Å². The molecule has 1 atom stereocenters. The van der Waals surface area contributed by atoms with Crippen molar-refractivity contribution >= 4 is 12.3 Å². The minimum Gasteiger partial charge on any atom is -0.481 e. The first-order valence-corrected chi connectivity index (χ1v) is 3.88. The van der Waals surface area contributed by atoms with Crippen LogP contribution in [0.4, 0.5) is 0 Å². The van der Waals surface area contributed by atoms with E-state index < -0.39 is 5.97 Å². The number of carboxylic acid groups (broad SMARTS) is 1. The molecule has 0 aromatic carbocycles. The summed E-state index contributed by atoms with van der Waals surface area (Å²) in [4.78, 5) is 20.4. The lowest BCUT2D eigenvalue weighted by Gasteiger charge is -2.11. The van der Waals surface area contributed by atoms with Gasteiger partial charge in [-0.15, -0.1) is 0 Å². The molecule has 0 unspecified atom stereocenters. The Morgan fingerprint density at radius 3 is 2.58 bits per heavy atom. The van der Waals surface area contributed by atoms with E-state index >= 15 is 0 Å². The number of hydrogen-bond acceptors (Lipinski definition) is 2. The normalized spacial score (nSPS) is 12.1. The molecular formula is C9H14O3. The van der Waals surface area contributed by atoms with Crippen LogP contribution >= 0.6 is 0 Å². The fourth-order valence-electron chi connectivity index (χ4n) is 0.979. The molecule has 0 aliphatic carbocycles. The van der Waals surface area contributed by atoms with E-state index in [1.165, 1.54) is 0 Å². The Kier molecular flexibility index (Phi) is 5.00. The number of hydrogen-bond donors (Lipinski definition) is 1. The predicted octanol–water partition coefficient (Wildman–Crippen LogP) is 1.63. The maximum atomic E-state index is 10.2. The molecule has 0 saturated heterocycles. The lowest BCUT2D eigenvalue weighted by atomic mass is 9.94. The molecule has 0 rings (SSSR count). The molecule has 68 valence electrons. The number of carbonyl (C=O) groups excluding carboxylic acids is 1. The minimum absolute atomic E-state index is 0.0265.